The van der Waals surface area contributed by atoms with E-state index in [1.807, 2.05) is 12.1 Å². The summed E-state index contributed by atoms with van der Waals surface area (Å²) in [4.78, 5) is 17.8. The Kier molecular flexibility index (Phi) is 7.28. The lowest BCUT2D eigenvalue weighted by Gasteiger charge is -2.36. The first-order valence-electron chi connectivity index (χ1n) is 8.80. The number of nitro groups is 1. The van der Waals surface area contributed by atoms with Crippen LogP contribution in [0.2, 0.25) is 0 Å². The Bertz CT molecular complexity index is 573. The number of nitrogens with zero attached hydrogens (tertiary/aromatic N) is 4. The second kappa shape index (κ2) is 9.22. The molecule has 1 aromatic rings. The number of β-amino-alcohol motifs (C(OH)–C–C–N with tert-alkyl or cyclic N) is 1. The van der Waals surface area contributed by atoms with Gasteiger partial charge in [0.05, 0.1) is 11.5 Å². The Morgan fingerprint density at radius 3 is 2.28 bits per heavy atom. The number of nitro benzene ring substituents is 1. The second-order valence-electron chi connectivity index (χ2n) is 6.53. The summed E-state index contributed by atoms with van der Waals surface area (Å²) in [6, 6.07) is 5.51. The first-order valence-corrected chi connectivity index (χ1v) is 8.80. The van der Waals surface area contributed by atoms with Gasteiger partial charge in [0.1, 0.15) is 5.69 Å². The molecule has 2 aliphatic heterocycles. The zero-order chi connectivity index (χ0) is 16.9. The van der Waals surface area contributed by atoms with Crippen molar-refractivity contribution in [3.63, 3.8) is 0 Å². The molecule has 0 bridgehead atoms. The number of aliphatic hydroxyl groups excluding tert-OH is 1. The van der Waals surface area contributed by atoms with Crippen molar-refractivity contribution in [3.05, 3.63) is 28.3 Å². The van der Waals surface area contributed by atoms with Crippen LogP contribution in [0.5, 0.6) is 0 Å². The van der Waals surface area contributed by atoms with Gasteiger partial charge in [-0.15, -0.1) is 12.4 Å². The SMILES string of the molecule is Cl.O=[N+]([O-])c1ccc(N2CCN(CCO)CC2)cc1N1CCCCC1. The van der Waals surface area contributed by atoms with Gasteiger partial charge < -0.3 is 14.9 Å². The number of anilines is 2. The predicted molar refractivity (Wildman–Crippen MR) is 102 cm³/mol. The molecule has 0 amide bonds. The number of piperidine rings is 1. The van der Waals surface area contributed by atoms with Crippen LogP contribution in [0.1, 0.15) is 19.3 Å². The van der Waals surface area contributed by atoms with Gasteiger partial charge in [0, 0.05) is 57.6 Å². The van der Waals surface area contributed by atoms with Crippen molar-refractivity contribution in [2.75, 3.05) is 62.2 Å². The van der Waals surface area contributed by atoms with E-state index in [2.05, 4.69) is 14.7 Å². The topological polar surface area (TPSA) is 73.1 Å². The lowest BCUT2D eigenvalue weighted by Crippen LogP contribution is -2.47. The van der Waals surface area contributed by atoms with Gasteiger partial charge in [-0.3, -0.25) is 15.0 Å². The highest BCUT2D eigenvalue weighted by atomic mass is 35.5. The summed E-state index contributed by atoms with van der Waals surface area (Å²) in [5.74, 6) is 0. The molecule has 0 atom stereocenters. The van der Waals surface area contributed by atoms with Crippen molar-refractivity contribution in [1.82, 2.24) is 4.90 Å². The summed E-state index contributed by atoms with van der Waals surface area (Å²) in [6.45, 7) is 6.30. The largest absolute Gasteiger partial charge is 0.395 e. The smallest absolute Gasteiger partial charge is 0.292 e. The summed E-state index contributed by atoms with van der Waals surface area (Å²) in [6.07, 6.45) is 3.40. The summed E-state index contributed by atoms with van der Waals surface area (Å²) in [5.41, 5.74) is 2.03. The van der Waals surface area contributed by atoms with E-state index in [1.165, 1.54) is 6.42 Å². The van der Waals surface area contributed by atoms with Crippen LogP contribution >= 0.6 is 12.4 Å². The highest BCUT2D eigenvalue weighted by Gasteiger charge is 2.24. The maximum absolute atomic E-state index is 11.4. The summed E-state index contributed by atoms with van der Waals surface area (Å²) >= 11 is 0. The monoisotopic (exact) mass is 370 g/mol. The van der Waals surface area contributed by atoms with Crippen molar-refractivity contribution in [1.29, 1.82) is 0 Å². The lowest BCUT2D eigenvalue weighted by atomic mass is 10.1. The molecule has 0 aromatic heterocycles. The fourth-order valence-corrected chi connectivity index (χ4v) is 3.62. The van der Waals surface area contributed by atoms with Crippen molar-refractivity contribution >= 4 is 29.5 Å². The van der Waals surface area contributed by atoms with Gasteiger partial charge in [0.15, 0.2) is 0 Å². The van der Waals surface area contributed by atoms with Crippen molar-refractivity contribution in [3.8, 4) is 0 Å². The average Bonchev–Trinajstić information content (AvgIpc) is 2.63. The quantitative estimate of drug-likeness (QED) is 0.632. The minimum absolute atomic E-state index is 0. The number of aliphatic hydroxyl groups is 1. The van der Waals surface area contributed by atoms with Crippen LogP contribution in [-0.4, -0.2) is 67.3 Å². The van der Waals surface area contributed by atoms with Gasteiger partial charge in [-0.2, -0.15) is 0 Å². The normalized spacial score (nSPS) is 18.8. The van der Waals surface area contributed by atoms with Crippen molar-refractivity contribution in [2.24, 2.45) is 0 Å². The zero-order valence-electron chi connectivity index (χ0n) is 14.5. The maximum Gasteiger partial charge on any atom is 0.292 e. The molecule has 2 heterocycles. The molecular formula is C17H27ClN4O3. The Labute approximate surface area is 154 Å². The first-order chi connectivity index (χ1) is 11.7. The van der Waals surface area contributed by atoms with E-state index in [9.17, 15) is 10.1 Å². The van der Waals surface area contributed by atoms with Crippen LogP contribution in [0, 0.1) is 10.1 Å². The molecule has 2 aliphatic rings. The number of benzene rings is 1. The maximum atomic E-state index is 11.4. The Hall–Kier alpha value is -1.57. The molecule has 0 spiro atoms. The summed E-state index contributed by atoms with van der Waals surface area (Å²) in [5, 5.41) is 20.4. The molecule has 0 unspecified atom stereocenters. The Morgan fingerprint density at radius 1 is 1.00 bits per heavy atom. The molecule has 2 saturated heterocycles. The van der Waals surface area contributed by atoms with Gasteiger partial charge in [-0.25, -0.2) is 0 Å². The third-order valence-corrected chi connectivity index (χ3v) is 5.01. The van der Waals surface area contributed by atoms with Gasteiger partial charge in [0.25, 0.3) is 5.69 Å². The third-order valence-electron chi connectivity index (χ3n) is 5.01. The molecule has 0 saturated carbocycles. The van der Waals surface area contributed by atoms with E-state index < -0.39 is 0 Å². The fourth-order valence-electron chi connectivity index (χ4n) is 3.62. The third kappa shape index (κ3) is 4.74. The molecule has 7 nitrogen and oxygen atoms in total. The lowest BCUT2D eigenvalue weighted by molar-refractivity contribution is -0.384. The first kappa shape index (κ1) is 19.8. The molecule has 1 aromatic carbocycles. The Morgan fingerprint density at radius 2 is 1.68 bits per heavy atom. The van der Waals surface area contributed by atoms with E-state index in [4.69, 9.17) is 5.11 Å². The van der Waals surface area contributed by atoms with Crippen molar-refractivity contribution < 1.29 is 10.0 Å². The van der Waals surface area contributed by atoms with Crippen LogP contribution in [0.4, 0.5) is 17.1 Å². The average molecular weight is 371 g/mol. The molecule has 25 heavy (non-hydrogen) atoms. The number of rotatable bonds is 5. The van der Waals surface area contributed by atoms with Gasteiger partial charge in [-0.05, 0) is 31.4 Å². The van der Waals surface area contributed by atoms with E-state index >= 15 is 0 Å². The second-order valence-corrected chi connectivity index (χ2v) is 6.53. The summed E-state index contributed by atoms with van der Waals surface area (Å²) < 4.78 is 0. The van der Waals surface area contributed by atoms with E-state index in [-0.39, 0.29) is 29.6 Å². The van der Waals surface area contributed by atoms with Crippen LogP contribution in [0.15, 0.2) is 18.2 Å². The van der Waals surface area contributed by atoms with Gasteiger partial charge in [-0.1, -0.05) is 0 Å². The van der Waals surface area contributed by atoms with E-state index in [0.717, 1.165) is 63.5 Å². The molecule has 3 rings (SSSR count). The number of piperazine rings is 1. The standard InChI is InChI=1S/C17H26N4O3.ClH/c22-13-12-18-8-10-19(11-9-18)15-4-5-16(21(23)24)17(14-15)20-6-2-1-3-7-20;/h4-5,14,22H,1-3,6-13H2;1H. The molecule has 1 N–H and O–H groups in total. The molecule has 140 valence electrons. The van der Waals surface area contributed by atoms with Crippen LogP contribution in [0.25, 0.3) is 0 Å². The number of hydrogen-bond donors (Lipinski definition) is 1. The molecule has 8 heteroatoms. The minimum Gasteiger partial charge on any atom is -0.395 e. The number of hydrogen-bond acceptors (Lipinski definition) is 6. The van der Waals surface area contributed by atoms with Crippen LogP contribution in [-0.2, 0) is 0 Å². The Balaban J connectivity index is 0.00000225. The number of halogens is 1. The van der Waals surface area contributed by atoms with E-state index in [1.54, 1.807) is 6.07 Å². The fraction of sp³-hybridized carbons (Fsp3) is 0.647. The zero-order valence-corrected chi connectivity index (χ0v) is 15.3. The minimum atomic E-state index is -0.271. The summed E-state index contributed by atoms with van der Waals surface area (Å²) in [7, 11) is 0. The van der Waals surface area contributed by atoms with Crippen LogP contribution in [0.3, 0.4) is 0 Å². The molecule has 2 fully saturated rings. The van der Waals surface area contributed by atoms with E-state index in [0.29, 0.717) is 6.54 Å². The highest BCUT2D eigenvalue weighted by Crippen LogP contribution is 2.34. The van der Waals surface area contributed by atoms with Gasteiger partial charge in [0.2, 0.25) is 0 Å². The highest BCUT2D eigenvalue weighted by molar-refractivity contribution is 5.85. The molecule has 0 radical (unpaired) electrons. The molecule has 0 aliphatic carbocycles. The predicted octanol–water partition coefficient (Wildman–Crippen LogP) is 2.12. The van der Waals surface area contributed by atoms with Gasteiger partial charge >= 0.3 is 0 Å². The molecular weight excluding hydrogens is 344 g/mol. The van der Waals surface area contributed by atoms with Crippen LogP contribution < -0.4 is 9.80 Å². The van der Waals surface area contributed by atoms with Crippen molar-refractivity contribution in [2.45, 2.75) is 19.3 Å².